The van der Waals surface area contributed by atoms with Crippen molar-refractivity contribution in [2.24, 2.45) is 0 Å². The Labute approximate surface area is 107 Å². The van der Waals surface area contributed by atoms with Crippen LogP contribution in [0.15, 0.2) is 0 Å². The number of ether oxygens (including phenoxy) is 1. The van der Waals surface area contributed by atoms with E-state index < -0.39 is 0 Å². The smallest absolute Gasteiger partial charge is 0.359 e. The maximum atomic E-state index is 11.7. The van der Waals surface area contributed by atoms with E-state index in [0.717, 1.165) is 25.1 Å². The highest BCUT2D eigenvalue weighted by Crippen LogP contribution is 2.19. The number of halogens is 1. The molecule has 0 radical (unpaired) electrons. The molecular formula is C11H18ClN3O2. The lowest BCUT2D eigenvalue weighted by Gasteiger charge is -2.14. The standard InChI is InChI=1S/C11H17N3O2.ClH/c1-3-14-9-5-6-12-7-8(9)10(13-14)11(15)16-4-2;/h12H,3-7H2,1-2H3;1H. The monoisotopic (exact) mass is 259 g/mol. The minimum Gasteiger partial charge on any atom is -0.461 e. The van der Waals surface area contributed by atoms with E-state index in [1.807, 2.05) is 11.6 Å². The first-order valence-corrected chi connectivity index (χ1v) is 5.74. The van der Waals surface area contributed by atoms with E-state index in [4.69, 9.17) is 4.74 Å². The molecule has 5 nitrogen and oxygen atoms in total. The molecule has 1 aromatic heterocycles. The summed E-state index contributed by atoms with van der Waals surface area (Å²) in [4.78, 5) is 11.7. The van der Waals surface area contributed by atoms with Crippen molar-refractivity contribution in [3.63, 3.8) is 0 Å². The van der Waals surface area contributed by atoms with Crippen LogP contribution in [0.3, 0.4) is 0 Å². The molecule has 1 N–H and O–H groups in total. The summed E-state index contributed by atoms with van der Waals surface area (Å²) < 4.78 is 6.91. The SMILES string of the molecule is CCOC(=O)c1nn(CC)c2c1CNCC2.Cl. The van der Waals surface area contributed by atoms with E-state index in [9.17, 15) is 4.79 Å². The van der Waals surface area contributed by atoms with E-state index in [1.54, 1.807) is 6.92 Å². The topological polar surface area (TPSA) is 56.1 Å². The van der Waals surface area contributed by atoms with Crippen molar-refractivity contribution < 1.29 is 9.53 Å². The normalized spacial score (nSPS) is 13.8. The van der Waals surface area contributed by atoms with Crippen LogP contribution in [0, 0.1) is 0 Å². The summed E-state index contributed by atoms with van der Waals surface area (Å²) in [6.07, 6.45) is 0.926. The van der Waals surface area contributed by atoms with E-state index in [2.05, 4.69) is 10.4 Å². The lowest BCUT2D eigenvalue weighted by atomic mass is 10.1. The van der Waals surface area contributed by atoms with Gasteiger partial charge in [-0.05, 0) is 13.8 Å². The van der Waals surface area contributed by atoms with Gasteiger partial charge in [0.25, 0.3) is 0 Å². The van der Waals surface area contributed by atoms with Gasteiger partial charge in [-0.15, -0.1) is 12.4 Å². The van der Waals surface area contributed by atoms with Crippen LogP contribution in [0.5, 0.6) is 0 Å². The number of nitrogens with zero attached hydrogens (tertiary/aromatic N) is 2. The number of fused-ring (bicyclic) bond motifs is 1. The minimum atomic E-state index is -0.311. The van der Waals surface area contributed by atoms with Crippen molar-refractivity contribution in [1.82, 2.24) is 15.1 Å². The van der Waals surface area contributed by atoms with Gasteiger partial charge in [0.1, 0.15) is 0 Å². The van der Waals surface area contributed by atoms with Crippen LogP contribution >= 0.6 is 12.4 Å². The first kappa shape index (κ1) is 14.0. The van der Waals surface area contributed by atoms with E-state index in [0.29, 0.717) is 18.8 Å². The lowest BCUT2D eigenvalue weighted by molar-refractivity contribution is 0.0517. The second kappa shape index (κ2) is 6.02. The number of esters is 1. The highest BCUT2D eigenvalue weighted by atomic mass is 35.5. The van der Waals surface area contributed by atoms with Gasteiger partial charge in [0.2, 0.25) is 0 Å². The van der Waals surface area contributed by atoms with Crippen LogP contribution in [0.1, 0.15) is 35.6 Å². The third kappa shape index (κ3) is 2.61. The molecular weight excluding hydrogens is 242 g/mol. The van der Waals surface area contributed by atoms with Crippen LogP contribution in [0.25, 0.3) is 0 Å². The molecule has 0 unspecified atom stereocenters. The van der Waals surface area contributed by atoms with Gasteiger partial charge in [0.15, 0.2) is 5.69 Å². The highest BCUT2D eigenvalue weighted by Gasteiger charge is 2.24. The zero-order chi connectivity index (χ0) is 11.5. The molecule has 0 amide bonds. The second-order valence-corrected chi connectivity index (χ2v) is 3.74. The van der Waals surface area contributed by atoms with Crippen molar-refractivity contribution in [1.29, 1.82) is 0 Å². The Morgan fingerprint density at radius 1 is 1.53 bits per heavy atom. The molecule has 0 spiro atoms. The molecule has 96 valence electrons. The number of nitrogens with one attached hydrogen (secondary N) is 1. The molecule has 1 aliphatic rings. The molecule has 0 aliphatic carbocycles. The maximum absolute atomic E-state index is 11.7. The molecule has 2 heterocycles. The number of aryl methyl sites for hydroxylation is 1. The Bertz CT molecular complexity index is 404. The van der Waals surface area contributed by atoms with Crippen LogP contribution in [0.2, 0.25) is 0 Å². The van der Waals surface area contributed by atoms with Gasteiger partial charge >= 0.3 is 5.97 Å². The van der Waals surface area contributed by atoms with Crippen LogP contribution in [-0.4, -0.2) is 28.9 Å². The molecule has 0 bridgehead atoms. The predicted molar refractivity (Wildman–Crippen MR) is 66.5 cm³/mol. The zero-order valence-corrected chi connectivity index (χ0v) is 11.0. The molecule has 0 saturated carbocycles. The zero-order valence-electron chi connectivity index (χ0n) is 10.2. The number of aromatic nitrogens is 2. The Morgan fingerprint density at radius 3 is 2.94 bits per heavy atom. The summed E-state index contributed by atoms with van der Waals surface area (Å²) in [5.74, 6) is -0.311. The fourth-order valence-electron chi connectivity index (χ4n) is 2.04. The first-order valence-electron chi connectivity index (χ1n) is 5.74. The quantitative estimate of drug-likeness (QED) is 0.828. The summed E-state index contributed by atoms with van der Waals surface area (Å²) in [6, 6.07) is 0. The summed E-state index contributed by atoms with van der Waals surface area (Å²) in [5.41, 5.74) is 2.65. The molecule has 1 aromatic rings. The van der Waals surface area contributed by atoms with E-state index in [1.165, 1.54) is 5.69 Å². The van der Waals surface area contributed by atoms with E-state index in [-0.39, 0.29) is 18.4 Å². The molecule has 17 heavy (non-hydrogen) atoms. The number of rotatable bonds is 3. The van der Waals surface area contributed by atoms with Crippen LogP contribution < -0.4 is 5.32 Å². The summed E-state index contributed by atoms with van der Waals surface area (Å²) in [7, 11) is 0. The van der Waals surface area contributed by atoms with E-state index >= 15 is 0 Å². The third-order valence-electron chi connectivity index (χ3n) is 2.78. The number of carbonyl (C=O) groups is 1. The van der Waals surface area contributed by atoms with Crippen molar-refractivity contribution in [2.75, 3.05) is 13.2 Å². The summed E-state index contributed by atoms with van der Waals surface area (Å²) in [5, 5.41) is 7.59. The molecule has 0 fully saturated rings. The average Bonchev–Trinajstić information content (AvgIpc) is 2.68. The molecule has 0 saturated heterocycles. The summed E-state index contributed by atoms with van der Waals surface area (Å²) >= 11 is 0. The van der Waals surface area contributed by atoms with Gasteiger partial charge in [-0.25, -0.2) is 4.79 Å². The van der Waals surface area contributed by atoms with Gasteiger partial charge in [0.05, 0.1) is 6.61 Å². The van der Waals surface area contributed by atoms with Crippen LogP contribution in [0.4, 0.5) is 0 Å². The molecule has 0 atom stereocenters. The number of carbonyl (C=O) groups excluding carboxylic acids is 1. The number of hydrogen-bond acceptors (Lipinski definition) is 4. The van der Waals surface area contributed by atoms with Gasteiger partial charge in [-0.3, -0.25) is 4.68 Å². The molecule has 6 heteroatoms. The minimum absolute atomic E-state index is 0. The van der Waals surface area contributed by atoms with Gasteiger partial charge in [-0.2, -0.15) is 5.10 Å². The molecule has 1 aliphatic heterocycles. The van der Waals surface area contributed by atoms with Gasteiger partial charge in [0, 0.05) is 37.3 Å². The van der Waals surface area contributed by atoms with Crippen molar-refractivity contribution in [3.05, 3.63) is 17.0 Å². The lowest BCUT2D eigenvalue weighted by Crippen LogP contribution is -2.25. The van der Waals surface area contributed by atoms with Crippen molar-refractivity contribution in [3.8, 4) is 0 Å². The van der Waals surface area contributed by atoms with Gasteiger partial charge in [-0.1, -0.05) is 0 Å². The first-order chi connectivity index (χ1) is 7.77. The van der Waals surface area contributed by atoms with Crippen molar-refractivity contribution >= 4 is 18.4 Å². The molecule has 0 aromatic carbocycles. The predicted octanol–water partition coefficient (Wildman–Crippen LogP) is 1.15. The van der Waals surface area contributed by atoms with Gasteiger partial charge < -0.3 is 10.1 Å². The third-order valence-corrected chi connectivity index (χ3v) is 2.78. The fourth-order valence-corrected chi connectivity index (χ4v) is 2.04. The largest absolute Gasteiger partial charge is 0.461 e. The summed E-state index contributed by atoms with van der Waals surface area (Å²) in [6.45, 7) is 6.68. The van der Waals surface area contributed by atoms with Crippen LogP contribution in [-0.2, 0) is 24.2 Å². The Hall–Kier alpha value is -1.07. The number of hydrogen-bond donors (Lipinski definition) is 1. The Kier molecular flexibility index (Phi) is 4.96. The highest BCUT2D eigenvalue weighted by molar-refractivity contribution is 5.89. The molecule has 2 rings (SSSR count). The second-order valence-electron chi connectivity index (χ2n) is 3.74. The van der Waals surface area contributed by atoms with Crippen molar-refractivity contribution in [2.45, 2.75) is 33.4 Å². The Morgan fingerprint density at radius 2 is 2.29 bits per heavy atom. The maximum Gasteiger partial charge on any atom is 0.359 e. The average molecular weight is 260 g/mol. The Balaban J connectivity index is 0.00000144. The fraction of sp³-hybridized carbons (Fsp3) is 0.636.